The Morgan fingerprint density at radius 1 is 1.00 bits per heavy atom. The van der Waals surface area contributed by atoms with Crippen LogP contribution in [0.2, 0.25) is 0 Å². The van der Waals surface area contributed by atoms with Gasteiger partial charge in [0.2, 0.25) is 5.91 Å². The highest BCUT2D eigenvalue weighted by atomic mass is 32.2. The van der Waals surface area contributed by atoms with Gasteiger partial charge in [0.25, 0.3) is 5.69 Å². The lowest BCUT2D eigenvalue weighted by atomic mass is 10.3. The van der Waals surface area contributed by atoms with Crippen LogP contribution in [0.25, 0.3) is 5.69 Å². The number of rotatable bonds is 9. The van der Waals surface area contributed by atoms with Gasteiger partial charge in [-0.2, -0.15) is 0 Å². The number of nitrogens with zero attached hydrogens (tertiary/aromatic N) is 4. The molecule has 0 aliphatic heterocycles. The van der Waals surface area contributed by atoms with Crippen LogP contribution in [0.5, 0.6) is 0 Å². The predicted molar refractivity (Wildman–Crippen MR) is 128 cm³/mol. The summed E-state index contributed by atoms with van der Waals surface area (Å²) in [5.74, 6) is -0.0183. The Morgan fingerprint density at radius 3 is 2.50 bits per heavy atom. The molecule has 0 radical (unpaired) electrons. The highest BCUT2D eigenvalue weighted by Gasteiger charge is 2.16. The van der Waals surface area contributed by atoms with E-state index >= 15 is 0 Å². The quantitative estimate of drug-likeness (QED) is 0.204. The third-order valence-electron chi connectivity index (χ3n) is 4.68. The largest absolute Gasteiger partial charge is 0.378 e. The summed E-state index contributed by atoms with van der Waals surface area (Å²) in [6.45, 7) is 0.327. The number of aromatic nitrogens is 3. The van der Waals surface area contributed by atoms with E-state index in [1.807, 2.05) is 34.9 Å². The lowest BCUT2D eigenvalue weighted by Crippen LogP contribution is -2.15. The van der Waals surface area contributed by atoms with Crippen LogP contribution in [0.4, 0.5) is 21.5 Å². The van der Waals surface area contributed by atoms with E-state index in [4.69, 9.17) is 0 Å². The highest BCUT2D eigenvalue weighted by Crippen LogP contribution is 2.24. The van der Waals surface area contributed by atoms with Crippen molar-refractivity contribution in [3.63, 3.8) is 0 Å². The molecule has 1 aromatic heterocycles. The van der Waals surface area contributed by atoms with Crippen LogP contribution in [-0.2, 0) is 11.3 Å². The Morgan fingerprint density at radius 2 is 1.76 bits per heavy atom. The van der Waals surface area contributed by atoms with Crippen LogP contribution in [0.3, 0.4) is 0 Å². The second kappa shape index (κ2) is 10.6. The summed E-state index contributed by atoms with van der Waals surface area (Å²) in [4.78, 5) is 22.9. The van der Waals surface area contributed by atoms with E-state index in [1.54, 1.807) is 18.2 Å². The molecule has 0 fully saturated rings. The summed E-state index contributed by atoms with van der Waals surface area (Å²) in [5, 5.41) is 25.8. The van der Waals surface area contributed by atoms with Crippen LogP contribution < -0.4 is 10.6 Å². The van der Waals surface area contributed by atoms with Crippen molar-refractivity contribution in [3.8, 4) is 5.69 Å². The Hall–Kier alpha value is -4.25. The van der Waals surface area contributed by atoms with Crippen molar-refractivity contribution in [2.75, 3.05) is 16.4 Å². The molecule has 34 heavy (non-hydrogen) atoms. The van der Waals surface area contributed by atoms with Gasteiger partial charge in [0.1, 0.15) is 5.82 Å². The lowest BCUT2D eigenvalue weighted by Gasteiger charge is -2.11. The van der Waals surface area contributed by atoms with Crippen molar-refractivity contribution < 1.29 is 14.1 Å². The van der Waals surface area contributed by atoms with E-state index in [9.17, 15) is 19.3 Å². The SMILES string of the molecule is O=C(CSc1nnc(CNc2ccc(F)cc2)n1-c1ccccc1)Nc1cccc([N+](=O)[O-])c1. The number of non-ortho nitro benzene ring substituents is 1. The number of para-hydroxylation sites is 1. The number of anilines is 2. The van der Waals surface area contributed by atoms with E-state index in [-0.39, 0.29) is 23.2 Å². The Kier molecular flexibility index (Phi) is 7.13. The average molecular weight is 479 g/mol. The maximum absolute atomic E-state index is 13.2. The number of benzene rings is 3. The maximum Gasteiger partial charge on any atom is 0.271 e. The smallest absolute Gasteiger partial charge is 0.271 e. The third-order valence-corrected chi connectivity index (χ3v) is 5.61. The van der Waals surface area contributed by atoms with Gasteiger partial charge < -0.3 is 10.6 Å². The van der Waals surface area contributed by atoms with Crippen LogP contribution in [0.1, 0.15) is 5.82 Å². The molecule has 1 amide bonds. The number of thioether (sulfide) groups is 1. The molecule has 4 rings (SSSR count). The molecule has 0 atom stereocenters. The second-order valence-corrected chi connectivity index (χ2v) is 8.02. The van der Waals surface area contributed by atoms with Gasteiger partial charge in [-0.05, 0) is 42.5 Å². The molecule has 3 aromatic carbocycles. The van der Waals surface area contributed by atoms with Crippen molar-refractivity contribution in [1.29, 1.82) is 0 Å². The zero-order chi connectivity index (χ0) is 23.9. The number of nitro groups is 1. The van der Waals surface area contributed by atoms with Crippen molar-refractivity contribution in [1.82, 2.24) is 14.8 Å². The summed E-state index contributed by atoms with van der Waals surface area (Å²) in [7, 11) is 0. The number of amides is 1. The first-order chi connectivity index (χ1) is 16.5. The number of carbonyl (C=O) groups excluding carboxylic acids is 1. The van der Waals surface area contributed by atoms with Gasteiger partial charge in [-0.3, -0.25) is 19.5 Å². The molecule has 0 saturated carbocycles. The first-order valence-electron chi connectivity index (χ1n) is 10.2. The Labute approximate surface area is 198 Å². The van der Waals surface area contributed by atoms with Gasteiger partial charge in [-0.15, -0.1) is 10.2 Å². The molecular weight excluding hydrogens is 459 g/mol. The van der Waals surface area contributed by atoms with E-state index in [0.717, 1.165) is 11.4 Å². The van der Waals surface area contributed by atoms with Gasteiger partial charge in [0, 0.05) is 29.2 Å². The summed E-state index contributed by atoms with van der Waals surface area (Å²) < 4.78 is 15.0. The van der Waals surface area contributed by atoms with Crippen LogP contribution in [0.15, 0.2) is 84.0 Å². The van der Waals surface area contributed by atoms with Crippen molar-refractivity contribution in [2.45, 2.75) is 11.7 Å². The molecule has 172 valence electrons. The number of hydrogen-bond donors (Lipinski definition) is 2. The molecule has 0 aliphatic carbocycles. The molecular formula is C23H19FN6O3S. The number of hydrogen-bond acceptors (Lipinski definition) is 7. The summed E-state index contributed by atoms with van der Waals surface area (Å²) in [6.07, 6.45) is 0. The third kappa shape index (κ3) is 5.75. The van der Waals surface area contributed by atoms with Crippen molar-refractivity contribution in [3.05, 3.63) is 101 Å². The van der Waals surface area contributed by atoms with Gasteiger partial charge in [0.15, 0.2) is 11.0 Å². The standard InChI is InChI=1S/C23H19FN6O3S/c24-16-9-11-17(12-10-16)25-14-21-27-28-23(29(21)19-6-2-1-3-7-19)34-15-22(31)26-18-5-4-8-20(13-18)30(32)33/h1-13,25H,14-15H2,(H,26,31). The zero-order valence-corrected chi connectivity index (χ0v) is 18.5. The normalized spacial score (nSPS) is 10.6. The van der Waals surface area contributed by atoms with E-state index < -0.39 is 4.92 Å². The van der Waals surface area contributed by atoms with Gasteiger partial charge in [0.05, 0.1) is 17.2 Å². The summed E-state index contributed by atoms with van der Waals surface area (Å²) in [5.41, 5.74) is 1.79. The molecule has 0 spiro atoms. The molecule has 2 N–H and O–H groups in total. The van der Waals surface area contributed by atoms with Crippen LogP contribution >= 0.6 is 11.8 Å². The van der Waals surface area contributed by atoms with E-state index in [2.05, 4.69) is 20.8 Å². The van der Waals surface area contributed by atoms with Crippen molar-refractivity contribution in [2.24, 2.45) is 0 Å². The zero-order valence-electron chi connectivity index (χ0n) is 17.7. The predicted octanol–water partition coefficient (Wildman–Crippen LogP) is 4.66. The molecule has 11 heteroatoms. The van der Waals surface area contributed by atoms with Crippen molar-refractivity contribution >= 4 is 34.7 Å². The number of nitro benzene ring substituents is 1. The Balaban J connectivity index is 1.47. The fourth-order valence-electron chi connectivity index (χ4n) is 3.12. The molecule has 9 nitrogen and oxygen atoms in total. The van der Waals surface area contributed by atoms with Crippen LogP contribution in [0, 0.1) is 15.9 Å². The molecule has 0 aliphatic rings. The fraction of sp³-hybridized carbons (Fsp3) is 0.0870. The maximum atomic E-state index is 13.2. The number of nitrogens with one attached hydrogen (secondary N) is 2. The first kappa shape index (κ1) is 22.9. The molecule has 1 heterocycles. The number of carbonyl (C=O) groups is 1. The monoisotopic (exact) mass is 478 g/mol. The summed E-state index contributed by atoms with van der Waals surface area (Å²) >= 11 is 1.19. The minimum atomic E-state index is -0.520. The highest BCUT2D eigenvalue weighted by molar-refractivity contribution is 7.99. The molecule has 0 bridgehead atoms. The number of halogens is 1. The Bertz CT molecular complexity index is 1300. The topological polar surface area (TPSA) is 115 Å². The molecule has 0 saturated heterocycles. The van der Waals surface area contributed by atoms with Gasteiger partial charge in [-0.1, -0.05) is 36.0 Å². The van der Waals surface area contributed by atoms with Crippen LogP contribution in [-0.4, -0.2) is 31.3 Å². The minimum absolute atomic E-state index is 0.0268. The second-order valence-electron chi connectivity index (χ2n) is 7.07. The summed E-state index contributed by atoms with van der Waals surface area (Å²) in [6, 6.07) is 21.2. The molecule has 4 aromatic rings. The van der Waals surface area contributed by atoms with E-state index in [0.29, 0.717) is 23.2 Å². The van der Waals surface area contributed by atoms with Gasteiger partial charge in [-0.25, -0.2) is 4.39 Å². The van der Waals surface area contributed by atoms with Gasteiger partial charge >= 0.3 is 0 Å². The minimum Gasteiger partial charge on any atom is -0.378 e. The lowest BCUT2D eigenvalue weighted by molar-refractivity contribution is -0.384. The average Bonchev–Trinajstić information content (AvgIpc) is 3.26. The fourth-order valence-corrected chi connectivity index (χ4v) is 3.89. The first-order valence-corrected chi connectivity index (χ1v) is 11.1. The molecule has 0 unspecified atom stereocenters. The van der Waals surface area contributed by atoms with E-state index in [1.165, 1.54) is 42.1 Å².